The van der Waals surface area contributed by atoms with E-state index in [-0.39, 0.29) is 11.6 Å². The Bertz CT molecular complexity index is 1170. The van der Waals surface area contributed by atoms with Crippen LogP contribution in [-0.4, -0.2) is 20.7 Å². The zero-order valence-corrected chi connectivity index (χ0v) is 16.2. The summed E-state index contributed by atoms with van der Waals surface area (Å²) in [7, 11) is 0. The van der Waals surface area contributed by atoms with Gasteiger partial charge in [0.25, 0.3) is 5.91 Å². The molecule has 5 nitrogen and oxygen atoms in total. The van der Waals surface area contributed by atoms with E-state index in [0.29, 0.717) is 27.8 Å². The topological polar surface area (TPSA) is 59.8 Å². The van der Waals surface area contributed by atoms with Gasteiger partial charge in [-0.2, -0.15) is 0 Å². The van der Waals surface area contributed by atoms with Crippen LogP contribution in [0.3, 0.4) is 0 Å². The average Bonchev–Trinajstić information content (AvgIpc) is 3.17. The maximum atomic E-state index is 13.4. The van der Waals surface area contributed by atoms with Crippen LogP contribution in [-0.2, 0) is 0 Å². The van der Waals surface area contributed by atoms with Gasteiger partial charge in [-0.3, -0.25) is 4.79 Å². The molecular weight excluding hydrogens is 391 g/mol. The van der Waals surface area contributed by atoms with Crippen LogP contribution in [0.5, 0.6) is 0 Å². The first kappa shape index (κ1) is 18.8. The van der Waals surface area contributed by atoms with E-state index >= 15 is 0 Å². The van der Waals surface area contributed by atoms with Crippen molar-refractivity contribution in [3.8, 4) is 17.1 Å². The molecule has 0 bridgehead atoms. The highest BCUT2D eigenvalue weighted by Gasteiger charge is 2.20. The molecule has 4 aromatic rings. The van der Waals surface area contributed by atoms with E-state index < -0.39 is 5.91 Å². The Hall–Kier alpha value is -3.51. The van der Waals surface area contributed by atoms with Crippen LogP contribution in [0.15, 0.2) is 72.8 Å². The van der Waals surface area contributed by atoms with Gasteiger partial charge in [-0.05, 0) is 61.0 Å². The van der Waals surface area contributed by atoms with Gasteiger partial charge in [0.15, 0.2) is 5.82 Å². The number of benzene rings is 3. The van der Waals surface area contributed by atoms with Crippen LogP contribution < -0.4 is 5.32 Å². The first-order valence-corrected chi connectivity index (χ1v) is 9.25. The van der Waals surface area contributed by atoms with E-state index in [2.05, 4.69) is 15.4 Å². The van der Waals surface area contributed by atoms with Crippen molar-refractivity contribution in [1.82, 2.24) is 14.8 Å². The molecule has 7 heteroatoms. The molecular formula is C22H16ClFN4O. The molecule has 144 valence electrons. The summed E-state index contributed by atoms with van der Waals surface area (Å²) in [6.45, 7) is 1.86. The van der Waals surface area contributed by atoms with Gasteiger partial charge in [-0.15, -0.1) is 5.10 Å². The lowest BCUT2D eigenvalue weighted by molar-refractivity contribution is 0.101. The highest BCUT2D eigenvalue weighted by Crippen LogP contribution is 2.27. The number of nitrogens with zero attached hydrogens (tertiary/aromatic N) is 3. The third kappa shape index (κ3) is 3.88. The Morgan fingerprint density at radius 1 is 1.00 bits per heavy atom. The molecule has 0 aliphatic rings. The molecule has 0 saturated heterocycles. The summed E-state index contributed by atoms with van der Waals surface area (Å²) in [4.78, 5) is 17.1. The van der Waals surface area contributed by atoms with Gasteiger partial charge in [0.05, 0.1) is 5.69 Å². The Morgan fingerprint density at radius 2 is 1.72 bits per heavy atom. The summed E-state index contributed by atoms with van der Waals surface area (Å²) in [5.74, 6) is -0.403. The van der Waals surface area contributed by atoms with Crippen molar-refractivity contribution in [3.05, 3.63) is 95.0 Å². The number of aromatic nitrogens is 3. The van der Waals surface area contributed by atoms with Gasteiger partial charge < -0.3 is 5.32 Å². The van der Waals surface area contributed by atoms with Gasteiger partial charge in [-0.25, -0.2) is 14.1 Å². The number of hydrogen-bond donors (Lipinski definition) is 1. The van der Waals surface area contributed by atoms with Crippen molar-refractivity contribution in [2.75, 3.05) is 5.32 Å². The van der Waals surface area contributed by atoms with Gasteiger partial charge in [0.2, 0.25) is 5.82 Å². The molecule has 0 unspecified atom stereocenters. The predicted molar refractivity (Wildman–Crippen MR) is 111 cm³/mol. The second-order valence-corrected chi connectivity index (χ2v) is 6.79. The van der Waals surface area contributed by atoms with Crippen molar-refractivity contribution >= 4 is 23.2 Å². The second-order valence-electron chi connectivity index (χ2n) is 6.38. The molecule has 1 N–H and O–H groups in total. The van der Waals surface area contributed by atoms with Crippen LogP contribution in [0.25, 0.3) is 17.1 Å². The molecule has 0 spiro atoms. The number of carbonyl (C=O) groups excluding carboxylic acids is 1. The second kappa shape index (κ2) is 7.85. The molecule has 0 aliphatic carbocycles. The van der Waals surface area contributed by atoms with Crippen LogP contribution in [0.4, 0.5) is 10.1 Å². The highest BCUT2D eigenvalue weighted by molar-refractivity contribution is 6.31. The normalized spacial score (nSPS) is 10.7. The van der Waals surface area contributed by atoms with Crippen molar-refractivity contribution in [2.45, 2.75) is 6.92 Å². The van der Waals surface area contributed by atoms with Crippen molar-refractivity contribution in [1.29, 1.82) is 0 Å². The monoisotopic (exact) mass is 406 g/mol. The third-order valence-corrected chi connectivity index (χ3v) is 4.82. The Morgan fingerprint density at radius 3 is 2.45 bits per heavy atom. The number of carbonyl (C=O) groups is 1. The maximum absolute atomic E-state index is 13.4. The summed E-state index contributed by atoms with van der Waals surface area (Å²) in [5, 5.41) is 7.76. The van der Waals surface area contributed by atoms with E-state index in [9.17, 15) is 9.18 Å². The molecule has 1 aromatic heterocycles. The molecule has 3 aromatic carbocycles. The summed E-state index contributed by atoms with van der Waals surface area (Å²) in [5.41, 5.74) is 2.73. The molecule has 0 radical (unpaired) electrons. The first-order valence-electron chi connectivity index (χ1n) is 8.88. The van der Waals surface area contributed by atoms with Crippen LogP contribution in [0, 0.1) is 12.7 Å². The standard InChI is InChI=1S/C22H16ClFN4O/c1-14-18(23)8-5-9-19(14)28-21(15-10-12-16(24)13-11-15)26-20(27-28)22(29)25-17-6-3-2-4-7-17/h2-13H,1H3,(H,25,29). The Balaban J connectivity index is 1.81. The number of nitrogens with one attached hydrogen (secondary N) is 1. The fraction of sp³-hybridized carbons (Fsp3) is 0.0455. The number of anilines is 1. The quantitative estimate of drug-likeness (QED) is 0.501. The molecule has 29 heavy (non-hydrogen) atoms. The van der Waals surface area contributed by atoms with Gasteiger partial charge >= 0.3 is 0 Å². The molecule has 0 fully saturated rings. The Labute approximate surface area is 171 Å². The fourth-order valence-electron chi connectivity index (χ4n) is 2.90. The smallest absolute Gasteiger partial charge is 0.295 e. The molecule has 0 atom stereocenters. The lowest BCUT2D eigenvalue weighted by Crippen LogP contribution is -2.14. The van der Waals surface area contributed by atoms with E-state index in [1.807, 2.05) is 31.2 Å². The summed E-state index contributed by atoms with van der Waals surface area (Å²) in [6.07, 6.45) is 0. The average molecular weight is 407 g/mol. The minimum atomic E-state index is -0.446. The lowest BCUT2D eigenvalue weighted by atomic mass is 10.1. The summed E-state index contributed by atoms with van der Waals surface area (Å²) in [6, 6.07) is 20.3. The summed E-state index contributed by atoms with van der Waals surface area (Å²) < 4.78 is 14.9. The highest BCUT2D eigenvalue weighted by atomic mass is 35.5. The van der Waals surface area contributed by atoms with Gasteiger partial charge in [0.1, 0.15) is 5.82 Å². The van der Waals surface area contributed by atoms with E-state index in [1.54, 1.807) is 41.1 Å². The molecule has 1 amide bonds. The van der Waals surface area contributed by atoms with Crippen LogP contribution in [0.1, 0.15) is 16.2 Å². The van der Waals surface area contributed by atoms with E-state index in [4.69, 9.17) is 11.6 Å². The van der Waals surface area contributed by atoms with E-state index in [1.165, 1.54) is 12.1 Å². The Kier molecular flexibility index (Phi) is 5.10. The predicted octanol–water partition coefficient (Wildman–Crippen LogP) is 5.29. The van der Waals surface area contributed by atoms with Gasteiger partial charge in [-0.1, -0.05) is 35.9 Å². The minimum Gasteiger partial charge on any atom is -0.319 e. The summed E-state index contributed by atoms with van der Waals surface area (Å²) >= 11 is 6.27. The zero-order valence-electron chi connectivity index (χ0n) is 15.4. The van der Waals surface area contributed by atoms with Crippen molar-refractivity contribution < 1.29 is 9.18 Å². The maximum Gasteiger partial charge on any atom is 0.295 e. The van der Waals surface area contributed by atoms with Crippen LogP contribution in [0.2, 0.25) is 5.02 Å². The van der Waals surface area contributed by atoms with Crippen molar-refractivity contribution in [2.24, 2.45) is 0 Å². The van der Waals surface area contributed by atoms with Gasteiger partial charge in [0, 0.05) is 16.3 Å². The number of hydrogen-bond acceptors (Lipinski definition) is 3. The number of rotatable bonds is 4. The first-order chi connectivity index (χ1) is 14.0. The van der Waals surface area contributed by atoms with E-state index in [0.717, 1.165) is 5.56 Å². The number of para-hydroxylation sites is 1. The fourth-order valence-corrected chi connectivity index (χ4v) is 3.07. The zero-order chi connectivity index (χ0) is 20.4. The number of amides is 1. The SMILES string of the molecule is Cc1c(Cl)cccc1-n1nc(C(=O)Nc2ccccc2)nc1-c1ccc(F)cc1. The molecule has 0 aliphatic heterocycles. The minimum absolute atomic E-state index is 0.00689. The molecule has 1 heterocycles. The molecule has 0 saturated carbocycles. The number of halogens is 2. The third-order valence-electron chi connectivity index (χ3n) is 4.41. The van der Waals surface area contributed by atoms with Crippen LogP contribution >= 0.6 is 11.6 Å². The molecule has 4 rings (SSSR count). The van der Waals surface area contributed by atoms with Crippen molar-refractivity contribution in [3.63, 3.8) is 0 Å². The largest absolute Gasteiger partial charge is 0.319 e. The lowest BCUT2D eigenvalue weighted by Gasteiger charge is -2.10.